The Labute approximate surface area is 213 Å². The zero-order valence-electron chi connectivity index (χ0n) is 21.9. The van der Waals surface area contributed by atoms with Gasteiger partial charge in [0.15, 0.2) is 0 Å². The minimum Gasteiger partial charge on any atom is -0.463 e. The van der Waals surface area contributed by atoms with Crippen molar-refractivity contribution in [3.05, 3.63) is 48.0 Å². The van der Waals surface area contributed by atoms with Crippen LogP contribution in [0, 0.1) is 0 Å². The van der Waals surface area contributed by atoms with E-state index < -0.39 is 6.10 Å². The van der Waals surface area contributed by atoms with E-state index in [9.17, 15) is 14.7 Å². The number of ether oxygens (including phenoxy) is 2. The number of unbranched alkanes of at least 4 members (excludes halogenated alkanes) is 11. The molecule has 0 aliphatic carbocycles. The van der Waals surface area contributed by atoms with Crippen LogP contribution in [-0.2, 0) is 25.5 Å². The second-order valence-corrected chi connectivity index (χ2v) is 9.34. The van der Waals surface area contributed by atoms with Gasteiger partial charge in [0, 0.05) is 12.8 Å². The molecule has 0 aromatic heterocycles. The second-order valence-electron chi connectivity index (χ2n) is 9.34. The van der Waals surface area contributed by atoms with Gasteiger partial charge < -0.3 is 14.6 Å². The third-order valence-corrected chi connectivity index (χ3v) is 5.98. The van der Waals surface area contributed by atoms with Gasteiger partial charge >= 0.3 is 11.9 Å². The van der Waals surface area contributed by atoms with Crippen molar-refractivity contribution in [1.29, 1.82) is 0 Å². The van der Waals surface area contributed by atoms with Crippen molar-refractivity contribution in [2.45, 2.75) is 116 Å². The third kappa shape index (κ3) is 19.8. The first-order valence-electron chi connectivity index (χ1n) is 13.8. The zero-order valence-corrected chi connectivity index (χ0v) is 21.9. The van der Waals surface area contributed by atoms with Crippen LogP contribution in [-0.4, -0.2) is 36.4 Å². The van der Waals surface area contributed by atoms with Crippen LogP contribution in [0.1, 0.15) is 109 Å². The predicted molar refractivity (Wildman–Crippen MR) is 142 cm³/mol. The first kappa shape index (κ1) is 30.9. The highest BCUT2D eigenvalue weighted by molar-refractivity contribution is 5.70. The summed E-state index contributed by atoms with van der Waals surface area (Å²) >= 11 is 0. The van der Waals surface area contributed by atoms with Crippen LogP contribution >= 0.6 is 0 Å². The molecule has 0 fully saturated rings. The van der Waals surface area contributed by atoms with E-state index in [1.165, 1.54) is 57.8 Å². The largest absolute Gasteiger partial charge is 0.463 e. The zero-order chi connectivity index (χ0) is 25.4. The average Bonchev–Trinajstić information content (AvgIpc) is 2.87. The smallest absolute Gasteiger partial charge is 0.306 e. The summed E-state index contributed by atoms with van der Waals surface area (Å²) in [5.74, 6) is -0.676. The molecule has 0 saturated heterocycles. The lowest BCUT2D eigenvalue weighted by Gasteiger charge is -2.12. The average molecular weight is 489 g/mol. The fraction of sp³-hybridized carbons (Fsp3) is 0.667. The van der Waals surface area contributed by atoms with Crippen LogP contribution in [0.4, 0.5) is 0 Å². The lowest BCUT2D eigenvalue weighted by atomic mass is 10.1. The van der Waals surface area contributed by atoms with Crippen LogP contribution in [0.3, 0.4) is 0 Å². The van der Waals surface area contributed by atoms with Gasteiger partial charge in [0.1, 0.15) is 19.3 Å². The predicted octanol–water partition coefficient (Wildman–Crippen LogP) is 7.10. The number of aryl methyl sites for hydroxylation is 1. The van der Waals surface area contributed by atoms with Gasteiger partial charge in [0.05, 0.1) is 0 Å². The van der Waals surface area contributed by atoms with Crippen molar-refractivity contribution in [3.63, 3.8) is 0 Å². The lowest BCUT2D eigenvalue weighted by molar-refractivity contribution is -0.152. The van der Waals surface area contributed by atoms with Crippen molar-refractivity contribution < 1.29 is 24.2 Å². The summed E-state index contributed by atoms with van der Waals surface area (Å²) in [6.07, 6.45) is 20.7. The highest BCUT2D eigenvalue weighted by atomic mass is 16.6. The van der Waals surface area contributed by atoms with Gasteiger partial charge in [-0.15, -0.1) is 0 Å². The topological polar surface area (TPSA) is 72.8 Å². The quantitative estimate of drug-likeness (QED) is 0.107. The molecule has 1 unspecified atom stereocenters. The first-order chi connectivity index (χ1) is 17.1. The van der Waals surface area contributed by atoms with E-state index in [4.69, 9.17) is 9.47 Å². The molecule has 1 aromatic rings. The SMILES string of the molecule is CCCCCCCC/C=C\CCCCCCCC(=O)OCC(O)COC(=O)CCc1ccccc1. The maximum absolute atomic E-state index is 11.8. The Bertz CT molecular complexity index is 671. The second kappa shape index (κ2) is 22.3. The molecule has 1 N–H and O–H groups in total. The molecular weight excluding hydrogens is 440 g/mol. The van der Waals surface area contributed by atoms with Gasteiger partial charge in [-0.05, 0) is 44.1 Å². The van der Waals surface area contributed by atoms with Crippen LogP contribution < -0.4 is 0 Å². The van der Waals surface area contributed by atoms with Crippen molar-refractivity contribution >= 4 is 11.9 Å². The lowest BCUT2D eigenvalue weighted by Crippen LogP contribution is -2.25. The number of carbonyl (C=O) groups is 2. The van der Waals surface area contributed by atoms with Crippen molar-refractivity contribution in [3.8, 4) is 0 Å². The molecule has 5 nitrogen and oxygen atoms in total. The van der Waals surface area contributed by atoms with Gasteiger partial charge in [0.25, 0.3) is 0 Å². The molecule has 0 bridgehead atoms. The summed E-state index contributed by atoms with van der Waals surface area (Å²) in [4.78, 5) is 23.6. The Morgan fingerprint density at radius 2 is 1.26 bits per heavy atom. The summed E-state index contributed by atoms with van der Waals surface area (Å²) in [5.41, 5.74) is 1.06. The van der Waals surface area contributed by atoms with Crippen molar-refractivity contribution in [2.24, 2.45) is 0 Å². The monoisotopic (exact) mass is 488 g/mol. The van der Waals surface area contributed by atoms with Gasteiger partial charge in [-0.1, -0.05) is 101 Å². The Kier molecular flexibility index (Phi) is 19.7. The molecule has 1 aromatic carbocycles. The molecule has 1 rings (SSSR count). The molecule has 0 radical (unpaired) electrons. The molecule has 35 heavy (non-hydrogen) atoms. The van der Waals surface area contributed by atoms with Gasteiger partial charge in [0.2, 0.25) is 0 Å². The summed E-state index contributed by atoms with van der Waals surface area (Å²) in [6, 6.07) is 9.69. The fourth-order valence-electron chi connectivity index (χ4n) is 3.80. The number of aliphatic hydroxyl groups is 1. The number of hydrogen-bond acceptors (Lipinski definition) is 5. The van der Waals surface area contributed by atoms with E-state index in [1.54, 1.807) is 0 Å². The Morgan fingerprint density at radius 3 is 1.86 bits per heavy atom. The summed E-state index contributed by atoms with van der Waals surface area (Å²) < 4.78 is 10.2. The van der Waals surface area contributed by atoms with Crippen molar-refractivity contribution in [1.82, 2.24) is 0 Å². The number of rotatable bonds is 22. The summed E-state index contributed by atoms with van der Waals surface area (Å²) in [6.45, 7) is 1.95. The van der Waals surface area contributed by atoms with Gasteiger partial charge in [-0.3, -0.25) is 9.59 Å². The van der Waals surface area contributed by atoms with E-state index in [0.29, 0.717) is 12.8 Å². The minimum atomic E-state index is -0.992. The highest BCUT2D eigenvalue weighted by Gasteiger charge is 2.12. The third-order valence-electron chi connectivity index (χ3n) is 5.98. The number of allylic oxidation sites excluding steroid dienone is 2. The Morgan fingerprint density at radius 1 is 0.743 bits per heavy atom. The van der Waals surface area contributed by atoms with Crippen molar-refractivity contribution in [2.75, 3.05) is 13.2 Å². The Balaban J connectivity index is 1.88. The molecule has 0 saturated carbocycles. The Hall–Kier alpha value is -2.14. The molecule has 1 atom stereocenters. The first-order valence-corrected chi connectivity index (χ1v) is 13.8. The van der Waals surface area contributed by atoms with Crippen LogP contribution in [0.2, 0.25) is 0 Å². The van der Waals surface area contributed by atoms with E-state index >= 15 is 0 Å². The maximum atomic E-state index is 11.8. The molecule has 0 spiro atoms. The number of esters is 2. The van der Waals surface area contributed by atoms with Gasteiger partial charge in [-0.2, -0.15) is 0 Å². The molecule has 0 heterocycles. The van der Waals surface area contributed by atoms with Gasteiger partial charge in [-0.25, -0.2) is 0 Å². The molecule has 0 aliphatic rings. The van der Waals surface area contributed by atoms with Crippen LogP contribution in [0.15, 0.2) is 42.5 Å². The van der Waals surface area contributed by atoms with E-state index in [0.717, 1.165) is 31.2 Å². The normalized spacial score (nSPS) is 12.1. The molecular formula is C30H48O5. The van der Waals surface area contributed by atoms with Crippen LogP contribution in [0.25, 0.3) is 0 Å². The standard InChI is InChI=1S/C30H48O5/c1-2-3-4-5-6-7-8-9-10-11-12-13-14-15-19-22-29(32)34-25-28(31)26-35-30(33)24-23-27-20-17-16-18-21-27/h9-10,16-18,20-21,28,31H,2-8,11-15,19,22-26H2,1H3/b10-9-. The number of benzene rings is 1. The minimum absolute atomic E-state index is 0.143. The molecule has 0 amide bonds. The van der Waals surface area contributed by atoms with E-state index in [-0.39, 0.29) is 31.6 Å². The van der Waals surface area contributed by atoms with E-state index in [1.807, 2.05) is 30.3 Å². The molecule has 198 valence electrons. The number of aliphatic hydroxyl groups excluding tert-OH is 1. The number of hydrogen-bond donors (Lipinski definition) is 1. The van der Waals surface area contributed by atoms with E-state index in [2.05, 4.69) is 19.1 Å². The summed E-state index contributed by atoms with van der Waals surface area (Å²) in [7, 11) is 0. The molecule has 5 heteroatoms. The summed E-state index contributed by atoms with van der Waals surface area (Å²) in [5, 5.41) is 9.88. The highest BCUT2D eigenvalue weighted by Crippen LogP contribution is 2.10. The van der Waals surface area contributed by atoms with Crippen LogP contribution in [0.5, 0.6) is 0 Å². The maximum Gasteiger partial charge on any atom is 0.306 e. The fourth-order valence-corrected chi connectivity index (χ4v) is 3.80. The molecule has 0 aliphatic heterocycles. The number of carbonyl (C=O) groups excluding carboxylic acids is 2.